The minimum atomic E-state index is -3.52. The topological polar surface area (TPSA) is 84.9 Å². The fraction of sp³-hybridized carbons (Fsp3) is 0.444. The summed E-state index contributed by atoms with van der Waals surface area (Å²) in [4.78, 5) is 10.8. The Bertz CT molecular complexity index is 903. The maximum Gasteiger partial charge on any atom is 0.321 e. The van der Waals surface area contributed by atoms with Crippen LogP contribution in [0.1, 0.15) is 11.1 Å². The summed E-state index contributed by atoms with van der Waals surface area (Å²) in [5.41, 5.74) is 1.81. The van der Waals surface area contributed by atoms with Crippen LogP contribution in [-0.2, 0) is 10.0 Å². The van der Waals surface area contributed by atoms with E-state index in [-0.39, 0.29) is 6.01 Å². The van der Waals surface area contributed by atoms with E-state index < -0.39 is 10.0 Å². The van der Waals surface area contributed by atoms with Crippen LogP contribution in [-0.4, -0.2) is 63.1 Å². The number of methoxy groups -OCH3 is 2. The summed E-state index contributed by atoms with van der Waals surface area (Å²) < 4.78 is 37.8. The molecule has 2 heterocycles. The highest BCUT2D eigenvalue weighted by Gasteiger charge is 2.30. The number of aromatic nitrogens is 2. The van der Waals surface area contributed by atoms with Crippen LogP contribution < -0.4 is 14.4 Å². The average molecular weight is 392 g/mol. The fourth-order valence-corrected chi connectivity index (χ4v) is 4.76. The van der Waals surface area contributed by atoms with Crippen molar-refractivity contribution in [3.8, 4) is 11.9 Å². The van der Waals surface area contributed by atoms with Gasteiger partial charge in [0.05, 0.1) is 19.1 Å². The largest absolute Gasteiger partial charge is 0.481 e. The van der Waals surface area contributed by atoms with Crippen LogP contribution in [0, 0.1) is 13.8 Å². The van der Waals surface area contributed by atoms with E-state index in [1.165, 1.54) is 18.5 Å². The second-order valence-electron chi connectivity index (χ2n) is 6.42. The predicted molar refractivity (Wildman–Crippen MR) is 102 cm³/mol. The Morgan fingerprint density at radius 3 is 2.26 bits per heavy atom. The van der Waals surface area contributed by atoms with E-state index >= 15 is 0 Å². The quantitative estimate of drug-likeness (QED) is 0.764. The Hall–Kier alpha value is -2.39. The molecule has 0 spiro atoms. The number of anilines is 1. The molecule has 1 aliphatic heterocycles. The van der Waals surface area contributed by atoms with Gasteiger partial charge in [-0.3, -0.25) is 0 Å². The summed E-state index contributed by atoms with van der Waals surface area (Å²) in [5.74, 6) is 1.06. The number of piperazine rings is 1. The second-order valence-corrected chi connectivity index (χ2v) is 8.32. The molecule has 9 heteroatoms. The van der Waals surface area contributed by atoms with Gasteiger partial charge in [-0.2, -0.15) is 14.3 Å². The molecule has 1 saturated heterocycles. The van der Waals surface area contributed by atoms with Crippen LogP contribution >= 0.6 is 0 Å². The smallest absolute Gasteiger partial charge is 0.321 e. The monoisotopic (exact) mass is 392 g/mol. The molecule has 2 aromatic rings. The zero-order valence-corrected chi connectivity index (χ0v) is 16.8. The zero-order chi connectivity index (χ0) is 19.6. The van der Waals surface area contributed by atoms with Crippen molar-refractivity contribution in [2.24, 2.45) is 0 Å². The first-order valence-electron chi connectivity index (χ1n) is 8.64. The highest BCUT2D eigenvalue weighted by atomic mass is 32.2. The average Bonchev–Trinajstić information content (AvgIpc) is 2.67. The number of nitrogens with zero attached hydrogens (tertiary/aromatic N) is 4. The van der Waals surface area contributed by atoms with Gasteiger partial charge in [0.15, 0.2) is 0 Å². The first kappa shape index (κ1) is 19.4. The van der Waals surface area contributed by atoms with Gasteiger partial charge < -0.3 is 14.4 Å². The molecule has 0 N–H and O–H groups in total. The molecule has 27 heavy (non-hydrogen) atoms. The summed E-state index contributed by atoms with van der Waals surface area (Å²) >= 11 is 0. The third kappa shape index (κ3) is 3.98. The Morgan fingerprint density at radius 1 is 0.963 bits per heavy atom. The molecule has 8 nitrogen and oxygen atoms in total. The van der Waals surface area contributed by atoms with E-state index in [1.807, 2.05) is 30.9 Å². The van der Waals surface area contributed by atoms with Crippen LogP contribution in [0.5, 0.6) is 11.9 Å². The summed E-state index contributed by atoms with van der Waals surface area (Å²) in [7, 11) is -0.495. The number of hydrogen-bond donors (Lipinski definition) is 0. The fourth-order valence-electron chi connectivity index (χ4n) is 3.14. The van der Waals surface area contributed by atoms with Crippen LogP contribution in [0.2, 0.25) is 0 Å². The van der Waals surface area contributed by atoms with E-state index in [0.717, 1.165) is 11.1 Å². The van der Waals surface area contributed by atoms with Crippen molar-refractivity contribution in [2.75, 3.05) is 45.3 Å². The lowest BCUT2D eigenvalue weighted by molar-refractivity contribution is 0.349. The van der Waals surface area contributed by atoms with Gasteiger partial charge in [0.2, 0.25) is 15.9 Å². The maximum absolute atomic E-state index is 13.0. The molecule has 0 atom stereocenters. The van der Waals surface area contributed by atoms with Crippen LogP contribution in [0.15, 0.2) is 29.2 Å². The summed E-state index contributed by atoms with van der Waals surface area (Å²) in [5, 5.41) is 0. The molecule has 1 aliphatic rings. The summed E-state index contributed by atoms with van der Waals surface area (Å²) in [6, 6.07) is 7.34. The molecule has 1 aromatic heterocycles. The zero-order valence-electron chi connectivity index (χ0n) is 16.0. The number of aryl methyl sites for hydroxylation is 2. The van der Waals surface area contributed by atoms with E-state index in [9.17, 15) is 8.42 Å². The number of rotatable bonds is 5. The van der Waals surface area contributed by atoms with Crippen molar-refractivity contribution < 1.29 is 17.9 Å². The number of benzene rings is 1. The minimum absolute atomic E-state index is 0.217. The number of ether oxygens (including phenoxy) is 2. The molecular weight excluding hydrogens is 368 g/mol. The molecule has 0 bridgehead atoms. The Balaban J connectivity index is 1.77. The highest BCUT2D eigenvalue weighted by molar-refractivity contribution is 7.89. The molecule has 0 amide bonds. The van der Waals surface area contributed by atoms with Gasteiger partial charge in [-0.1, -0.05) is 17.7 Å². The lowest BCUT2D eigenvalue weighted by atomic mass is 10.2. The number of sulfonamides is 1. The van der Waals surface area contributed by atoms with Crippen LogP contribution in [0.25, 0.3) is 0 Å². The van der Waals surface area contributed by atoms with Gasteiger partial charge in [0.25, 0.3) is 0 Å². The normalized spacial score (nSPS) is 15.6. The van der Waals surface area contributed by atoms with Gasteiger partial charge >= 0.3 is 6.01 Å². The van der Waals surface area contributed by atoms with Crippen molar-refractivity contribution in [1.29, 1.82) is 0 Å². The molecular formula is C18H24N4O4S. The number of hydrogen-bond acceptors (Lipinski definition) is 7. The van der Waals surface area contributed by atoms with Crippen molar-refractivity contribution >= 4 is 15.8 Å². The highest BCUT2D eigenvalue weighted by Crippen LogP contribution is 2.25. The summed E-state index contributed by atoms with van der Waals surface area (Å²) in [6.07, 6.45) is 0. The van der Waals surface area contributed by atoms with E-state index in [2.05, 4.69) is 9.97 Å². The molecule has 1 aromatic carbocycles. The lowest BCUT2D eigenvalue weighted by Gasteiger charge is -2.35. The van der Waals surface area contributed by atoms with E-state index in [1.54, 1.807) is 12.1 Å². The Labute approximate surface area is 159 Å². The maximum atomic E-state index is 13.0. The molecule has 0 unspecified atom stereocenters. The van der Waals surface area contributed by atoms with Crippen molar-refractivity contribution in [2.45, 2.75) is 18.7 Å². The lowest BCUT2D eigenvalue weighted by Crippen LogP contribution is -2.49. The molecule has 146 valence electrons. The Morgan fingerprint density at radius 2 is 1.67 bits per heavy atom. The van der Waals surface area contributed by atoms with E-state index in [4.69, 9.17) is 9.47 Å². The van der Waals surface area contributed by atoms with E-state index in [0.29, 0.717) is 42.8 Å². The molecule has 3 rings (SSSR count). The molecule has 1 fully saturated rings. The molecule has 0 saturated carbocycles. The third-order valence-electron chi connectivity index (χ3n) is 4.57. The van der Waals surface area contributed by atoms with Crippen molar-refractivity contribution in [1.82, 2.24) is 14.3 Å². The standard InChI is InChI=1S/C18H24N4O4S/c1-13-5-6-15(14(2)11-13)27(23,24)22-9-7-21(8-10-22)16-12-17(25-3)20-18(19-16)26-4/h5-6,11-12H,7-10H2,1-4H3. The molecule has 0 aliphatic carbocycles. The third-order valence-corrected chi connectivity index (χ3v) is 6.63. The van der Waals surface area contributed by atoms with Crippen LogP contribution in [0.4, 0.5) is 5.82 Å². The van der Waals surface area contributed by atoms with Gasteiger partial charge in [0.1, 0.15) is 5.82 Å². The minimum Gasteiger partial charge on any atom is -0.481 e. The van der Waals surface area contributed by atoms with Gasteiger partial charge in [-0.25, -0.2) is 8.42 Å². The Kier molecular flexibility index (Phi) is 5.52. The first-order chi connectivity index (χ1) is 12.8. The SMILES string of the molecule is COc1cc(N2CCN(S(=O)(=O)c3ccc(C)cc3C)CC2)nc(OC)n1. The van der Waals surface area contributed by atoms with Crippen molar-refractivity contribution in [3.05, 3.63) is 35.4 Å². The van der Waals surface area contributed by atoms with Gasteiger partial charge in [0, 0.05) is 32.2 Å². The second kappa shape index (κ2) is 7.69. The summed E-state index contributed by atoms with van der Waals surface area (Å²) in [6.45, 7) is 5.58. The van der Waals surface area contributed by atoms with Gasteiger partial charge in [-0.05, 0) is 25.5 Å². The first-order valence-corrected chi connectivity index (χ1v) is 10.1. The predicted octanol–water partition coefficient (Wildman–Crippen LogP) is 1.62. The van der Waals surface area contributed by atoms with Crippen molar-refractivity contribution in [3.63, 3.8) is 0 Å². The van der Waals surface area contributed by atoms with Gasteiger partial charge in [-0.15, -0.1) is 0 Å². The molecule has 0 radical (unpaired) electrons. The van der Waals surface area contributed by atoms with Crippen LogP contribution in [0.3, 0.4) is 0 Å².